The van der Waals surface area contributed by atoms with Gasteiger partial charge in [0.25, 0.3) is 0 Å². The van der Waals surface area contributed by atoms with Crippen molar-refractivity contribution >= 4 is 12.0 Å². The topological polar surface area (TPSA) is 92.9 Å². The third kappa shape index (κ3) is 7.23. The number of aliphatic hydroxyl groups excluding tert-OH is 1. The van der Waals surface area contributed by atoms with E-state index in [4.69, 9.17) is 10.5 Å². The molecular weight excluding hydrogens is 320 g/mol. The predicted molar refractivity (Wildman–Crippen MR) is 96.9 cm³/mol. The van der Waals surface area contributed by atoms with Gasteiger partial charge in [-0.25, -0.2) is 9.69 Å². The summed E-state index contributed by atoms with van der Waals surface area (Å²) in [7, 11) is 0. The molecule has 0 aliphatic heterocycles. The fourth-order valence-electron chi connectivity index (χ4n) is 2.18. The number of hydrogen-bond donors (Lipinski definition) is 2. The molecule has 0 heterocycles. The second-order valence-electron chi connectivity index (χ2n) is 8.02. The summed E-state index contributed by atoms with van der Waals surface area (Å²) < 4.78 is 5.34. The van der Waals surface area contributed by atoms with Crippen molar-refractivity contribution in [3.8, 4) is 0 Å². The van der Waals surface area contributed by atoms with Gasteiger partial charge in [0.2, 0.25) is 5.91 Å². The number of ether oxygens (including phenoxy) is 1. The highest BCUT2D eigenvalue weighted by Crippen LogP contribution is 2.19. The third-order valence-electron chi connectivity index (χ3n) is 3.51. The van der Waals surface area contributed by atoms with Crippen molar-refractivity contribution in [2.75, 3.05) is 13.2 Å². The van der Waals surface area contributed by atoms with E-state index in [1.165, 1.54) is 0 Å². The van der Waals surface area contributed by atoms with Crippen molar-refractivity contribution < 1.29 is 19.4 Å². The second-order valence-corrected chi connectivity index (χ2v) is 8.02. The number of benzene rings is 1. The van der Waals surface area contributed by atoms with Crippen molar-refractivity contribution in [1.82, 2.24) is 4.90 Å². The minimum atomic E-state index is -0.871. The van der Waals surface area contributed by atoms with Crippen molar-refractivity contribution in [3.63, 3.8) is 0 Å². The average molecular weight is 350 g/mol. The van der Waals surface area contributed by atoms with E-state index in [-0.39, 0.29) is 13.2 Å². The summed E-state index contributed by atoms with van der Waals surface area (Å²) in [4.78, 5) is 26.3. The van der Waals surface area contributed by atoms with Crippen molar-refractivity contribution in [2.24, 2.45) is 11.1 Å². The van der Waals surface area contributed by atoms with Gasteiger partial charge in [0.15, 0.2) is 0 Å². The highest BCUT2D eigenvalue weighted by atomic mass is 16.6. The molecule has 0 aromatic heterocycles. The Labute approximate surface area is 150 Å². The molecule has 1 atom stereocenters. The van der Waals surface area contributed by atoms with Crippen molar-refractivity contribution in [2.45, 2.75) is 52.7 Å². The molecule has 0 unspecified atom stereocenters. The van der Waals surface area contributed by atoms with Gasteiger partial charge in [0.05, 0.1) is 6.04 Å². The van der Waals surface area contributed by atoms with E-state index in [0.717, 1.165) is 10.5 Å². The van der Waals surface area contributed by atoms with Gasteiger partial charge in [0, 0.05) is 18.6 Å². The Balaban J connectivity index is 2.96. The lowest BCUT2D eigenvalue weighted by atomic mass is 9.93. The quantitative estimate of drug-likeness (QED) is 0.821. The average Bonchev–Trinajstić information content (AvgIpc) is 2.51. The Morgan fingerprint density at radius 1 is 1.16 bits per heavy atom. The maximum Gasteiger partial charge on any atom is 0.417 e. The summed E-state index contributed by atoms with van der Waals surface area (Å²) in [6.07, 6.45) is -0.430. The first-order valence-electron chi connectivity index (χ1n) is 8.40. The first kappa shape index (κ1) is 21.1. The van der Waals surface area contributed by atoms with Gasteiger partial charge in [0.1, 0.15) is 5.60 Å². The molecule has 0 fully saturated rings. The zero-order valence-electron chi connectivity index (χ0n) is 15.8. The van der Waals surface area contributed by atoms with Crippen LogP contribution in [0.2, 0.25) is 0 Å². The maximum absolute atomic E-state index is 12.8. The molecule has 0 aliphatic carbocycles. The lowest BCUT2D eigenvalue weighted by molar-refractivity contribution is -0.133. The van der Waals surface area contributed by atoms with Crippen LogP contribution < -0.4 is 5.73 Å². The van der Waals surface area contributed by atoms with E-state index >= 15 is 0 Å². The number of hydrogen-bond acceptors (Lipinski definition) is 5. The van der Waals surface area contributed by atoms with Crippen LogP contribution in [0.3, 0.4) is 0 Å². The zero-order chi connectivity index (χ0) is 19.3. The third-order valence-corrected chi connectivity index (χ3v) is 3.51. The summed E-state index contributed by atoms with van der Waals surface area (Å²) in [6, 6.07) is 8.50. The maximum atomic E-state index is 12.8. The smallest absolute Gasteiger partial charge is 0.417 e. The minimum Gasteiger partial charge on any atom is -0.443 e. The van der Waals surface area contributed by atoms with Crippen LogP contribution in [-0.4, -0.2) is 46.8 Å². The zero-order valence-corrected chi connectivity index (χ0v) is 15.8. The van der Waals surface area contributed by atoms with Crippen molar-refractivity contribution in [1.29, 1.82) is 0 Å². The molecule has 140 valence electrons. The Bertz CT molecular complexity index is 579. The van der Waals surface area contributed by atoms with Crippen LogP contribution in [0.25, 0.3) is 0 Å². The number of nitrogens with zero attached hydrogens (tertiary/aromatic N) is 1. The summed E-state index contributed by atoms with van der Waals surface area (Å²) in [5.41, 5.74) is 5.57. The van der Waals surface area contributed by atoms with Gasteiger partial charge >= 0.3 is 6.09 Å². The van der Waals surface area contributed by atoms with Crippen LogP contribution in [0.1, 0.15) is 40.2 Å². The Kier molecular flexibility index (Phi) is 7.14. The predicted octanol–water partition coefficient (Wildman–Crippen LogP) is 2.34. The monoisotopic (exact) mass is 350 g/mol. The largest absolute Gasteiger partial charge is 0.443 e. The molecule has 0 saturated heterocycles. The van der Waals surface area contributed by atoms with Gasteiger partial charge < -0.3 is 15.6 Å². The first-order chi connectivity index (χ1) is 11.4. The number of carbonyl (C=O) groups excluding carboxylic acids is 2. The lowest BCUT2D eigenvalue weighted by Crippen LogP contribution is -2.52. The van der Waals surface area contributed by atoms with E-state index in [1.54, 1.807) is 34.6 Å². The molecule has 0 spiro atoms. The molecule has 3 N–H and O–H groups in total. The number of carbonyl (C=O) groups is 2. The van der Waals surface area contributed by atoms with Gasteiger partial charge in [-0.2, -0.15) is 0 Å². The molecular formula is C19H30N2O4. The highest BCUT2D eigenvalue weighted by molar-refractivity contribution is 5.95. The summed E-state index contributed by atoms with van der Waals surface area (Å²) in [5.74, 6) is -0.514. The van der Waals surface area contributed by atoms with E-state index in [1.807, 2.05) is 30.3 Å². The molecule has 2 amide bonds. The van der Waals surface area contributed by atoms with Crippen LogP contribution in [0.5, 0.6) is 0 Å². The Morgan fingerprint density at radius 3 is 2.20 bits per heavy atom. The summed E-state index contributed by atoms with van der Waals surface area (Å²) in [5, 5.41) is 9.49. The molecule has 6 heteroatoms. The molecule has 0 saturated carbocycles. The second kappa shape index (κ2) is 8.45. The minimum absolute atomic E-state index is 0.0275. The fraction of sp³-hybridized carbons (Fsp3) is 0.579. The summed E-state index contributed by atoms with van der Waals surface area (Å²) >= 11 is 0. The van der Waals surface area contributed by atoms with Gasteiger partial charge in [-0.1, -0.05) is 44.2 Å². The summed E-state index contributed by atoms with van der Waals surface area (Å²) in [6.45, 7) is 8.58. The molecule has 25 heavy (non-hydrogen) atoms. The van der Waals surface area contributed by atoms with Crippen LogP contribution in [0.15, 0.2) is 30.3 Å². The molecule has 0 radical (unpaired) electrons. The SMILES string of the molecule is CC(C)(CO)CN(C(=O)OC(C)(C)C)C(=O)[C@@H](N)Cc1ccccc1. The van der Waals surface area contributed by atoms with Gasteiger partial charge in [-0.05, 0) is 32.8 Å². The molecule has 1 rings (SSSR count). The number of amides is 2. The van der Waals surface area contributed by atoms with Crippen LogP contribution in [-0.2, 0) is 16.0 Å². The lowest BCUT2D eigenvalue weighted by Gasteiger charge is -2.33. The van der Waals surface area contributed by atoms with E-state index in [0.29, 0.717) is 6.42 Å². The number of nitrogens with two attached hydrogens (primary N) is 1. The highest BCUT2D eigenvalue weighted by Gasteiger charge is 2.34. The molecule has 0 aliphatic rings. The normalized spacial score (nSPS) is 13.2. The molecule has 0 bridgehead atoms. The van der Waals surface area contributed by atoms with Crippen LogP contribution >= 0.6 is 0 Å². The number of imide groups is 1. The van der Waals surface area contributed by atoms with Gasteiger partial charge in [-0.3, -0.25) is 4.79 Å². The number of rotatable bonds is 6. The van der Waals surface area contributed by atoms with Crippen molar-refractivity contribution in [3.05, 3.63) is 35.9 Å². The number of aliphatic hydroxyl groups is 1. The van der Waals surface area contributed by atoms with Crippen LogP contribution in [0.4, 0.5) is 4.79 Å². The van der Waals surface area contributed by atoms with Gasteiger partial charge in [-0.15, -0.1) is 0 Å². The Hall–Kier alpha value is -1.92. The van der Waals surface area contributed by atoms with E-state index in [2.05, 4.69) is 0 Å². The first-order valence-corrected chi connectivity index (χ1v) is 8.40. The Morgan fingerprint density at radius 2 is 1.72 bits per heavy atom. The fourth-order valence-corrected chi connectivity index (χ4v) is 2.18. The molecule has 1 aromatic carbocycles. The van der Waals surface area contributed by atoms with E-state index in [9.17, 15) is 14.7 Å². The molecule has 6 nitrogen and oxygen atoms in total. The standard InChI is InChI=1S/C19H30N2O4/c1-18(2,3)25-17(24)21(12-19(4,5)13-22)16(23)15(20)11-14-9-7-6-8-10-14/h6-10,15,22H,11-13,20H2,1-5H3/t15-/m0/s1. The van der Waals surface area contributed by atoms with E-state index < -0.39 is 29.1 Å². The molecule has 1 aromatic rings. The van der Waals surface area contributed by atoms with Crippen LogP contribution in [0, 0.1) is 5.41 Å².